The molecule has 1 saturated heterocycles. The van der Waals surface area contributed by atoms with Crippen molar-refractivity contribution in [3.05, 3.63) is 0 Å². The van der Waals surface area contributed by atoms with Crippen LogP contribution in [0.15, 0.2) is 0 Å². The molecular weight excluding hydrogens is 234 g/mol. The van der Waals surface area contributed by atoms with Gasteiger partial charge in [-0.15, -0.1) is 0 Å². The van der Waals surface area contributed by atoms with Crippen LogP contribution in [0.25, 0.3) is 0 Å². The van der Waals surface area contributed by atoms with Crippen molar-refractivity contribution in [3.8, 4) is 0 Å². The lowest BCUT2D eigenvalue weighted by Gasteiger charge is -2.38. The van der Waals surface area contributed by atoms with Gasteiger partial charge in [0.05, 0.1) is 6.61 Å². The van der Waals surface area contributed by atoms with Crippen LogP contribution in [0.2, 0.25) is 0 Å². The second-order valence-corrected chi connectivity index (χ2v) is 7.02. The highest BCUT2D eigenvalue weighted by Gasteiger charge is 2.34. The van der Waals surface area contributed by atoms with E-state index < -0.39 is 0 Å². The minimum absolute atomic E-state index is 0.718. The summed E-state index contributed by atoms with van der Waals surface area (Å²) >= 11 is 0. The Morgan fingerprint density at radius 2 is 1.68 bits per heavy atom. The summed E-state index contributed by atoms with van der Waals surface area (Å²) in [7, 11) is 0. The Bertz CT molecular complexity index is 240. The van der Waals surface area contributed by atoms with Crippen molar-refractivity contribution in [2.45, 2.75) is 65.3 Å². The van der Waals surface area contributed by atoms with E-state index in [0.717, 1.165) is 42.9 Å². The van der Waals surface area contributed by atoms with Gasteiger partial charge in [0, 0.05) is 18.6 Å². The van der Waals surface area contributed by atoms with Crippen molar-refractivity contribution in [1.82, 2.24) is 5.32 Å². The first-order valence-corrected chi connectivity index (χ1v) is 8.53. The minimum atomic E-state index is 0.718. The van der Waals surface area contributed by atoms with Gasteiger partial charge in [0.1, 0.15) is 0 Å². The standard InChI is InChI=1S/C17H33NO/c1-4-10-18-17(16-9-11-19-12-16)15-7-5-14(6-8-15)13(2)3/h13-18H,4-12H2,1-3H3. The first-order chi connectivity index (χ1) is 9.22. The van der Waals surface area contributed by atoms with Gasteiger partial charge in [-0.25, -0.2) is 0 Å². The van der Waals surface area contributed by atoms with Gasteiger partial charge in [-0.2, -0.15) is 0 Å². The van der Waals surface area contributed by atoms with Gasteiger partial charge < -0.3 is 10.1 Å². The van der Waals surface area contributed by atoms with E-state index in [2.05, 4.69) is 26.1 Å². The maximum atomic E-state index is 5.63. The fraction of sp³-hybridized carbons (Fsp3) is 1.00. The Labute approximate surface area is 119 Å². The van der Waals surface area contributed by atoms with E-state index >= 15 is 0 Å². The second kappa shape index (κ2) is 7.64. The number of nitrogens with one attached hydrogen (secondary N) is 1. The summed E-state index contributed by atoms with van der Waals surface area (Å²) in [5, 5.41) is 3.85. The van der Waals surface area contributed by atoms with Crippen LogP contribution in [0, 0.1) is 23.7 Å². The molecule has 19 heavy (non-hydrogen) atoms. The Hall–Kier alpha value is -0.0800. The van der Waals surface area contributed by atoms with Gasteiger partial charge in [-0.05, 0) is 62.8 Å². The van der Waals surface area contributed by atoms with Crippen molar-refractivity contribution >= 4 is 0 Å². The molecule has 2 nitrogen and oxygen atoms in total. The summed E-state index contributed by atoms with van der Waals surface area (Å²) in [6.07, 6.45) is 8.26. The Kier molecular flexibility index (Phi) is 6.15. The molecule has 1 heterocycles. The van der Waals surface area contributed by atoms with Gasteiger partial charge in [-0.1, -0.05) is 20.8 Å². The molecular formula is C17H33NO. The quantitative estimate of drug-likeness (QED) is 0.789. The fourth-order valence-electron chi connectivity index (χ4n) is 4.04. The molecule has 112 valence electrons. The van der Waals surface area contributed by atoms with Gasteiger partial charge in [0.2, 0.25) is 0 Å². The molecule has 0 bridgehead atoms. The predicted octanol–water partition coefficient (Wildman–Crippen LogP) is 3.85. The van der Waals surface area contributed by atoms with Crippen LogP contribution in [0.4, 0.5) is 0 Å². The normalized spacial score (nSPS) is 33.8. The molecule has 1 aliphatic heterocycles. The monoisotopic (exact) mass is 267 g/mol. The minimum Gasteiger partial charge on any atom is -0.381 e. The van der Waals surface area contributed by atoms with E-state index in [1.807, 2.05) is 0 Å². The lowest BCUT2D eigenvalue weighted by Crippen LogP contribution is -2.44. The Balaban J connectivity index is 1.87. The van der Waals surface area contributed by atoms with Crippen LogP contribution in [-0.4, -0.2) is 25.8 Å². The van der Waals surface area contributed by atoms with Crippen LogP contribution in [0.3, 0.4) is 0 Å². The van der Waals surface area contributed by atoms with Crippen molar-refractivity contribution in [1.29, 1.82) is 0 Å². The molecule has 2 unspecified atom stereocenters. The number of hydrogen-bond acceptors (Lipinski definition) is 2. The van der Waals surface area contributed by atoms with E-state index in [1.165, 1.54) is 45.1 Å². The van der Waals surface area contributed by atoms with Crippen molar-refractivity contribution < 1.29 is 4.74 Å². The molecule has 2 atom stereocenters. The molecule has 2 fully saturated rings. The van der Waals surface area contributed by atoms with Crippen LogP contribution in [0.1, 0.15) is 59.3 Å². The zero-order chi connectivity index (χ0) is 13.7. The average Bonchev–Trinajstić information content (AvgIpc) is 2.94. The highest BCUT2D eigenvalue weighted by atomic mass is 16.5. The SMILES string of the molecule is CCCNC(C1CCC(C(C)C)CC1)C1CCOC1. The van der Waals surface area contributed by atoms with Crippen LogP contribution < -0.4 is 5.32 Å². The molecule has 1 aliphatic carbocycles. The first kappa shape index (κ1) is 15.3. The molecule has 0 aromatic carbocycles. The zero-order valence-corrected chi connectivity index (χ0v) is 13.2. The molecule has 0 aromatic heterocycles. The van der Waals surface area contributed by atoms with Crippen molar-refractivity contribution in [2.24, 2.45) is 23.7 Å². The van der Waals surface area contributed by atoms with Gasteiger partial charge in [0.15, 0.2) is 0 Å². The Morgan fingerprint density at radius 1 is 1.00 bits per heavy atom. The van der Waals surface area contributed by atoms with Crippen LogP contribution >= 0.6 is 0 Å². The molecule has 1 N–H and O–H groups in total. The molecule has 2 rings (SSSR count). The molecule has 1 saturated carbocycles. The van der Waals surface area contributed by atoms with Crippen LogP contribution in [0.5, 0.6) is 0 Å². The zero-order valence-electron chi connectivity index (χ0n) is 13.2. The first-order valence-electron chi connectivity index (χ1n) is 8.53. The Morgan fingerprint density at radius 3 is 2.21 bits per heavy atom. The molecule has 0 aromatic rings. The topological polar surface area (TPSA) is 21.3 Å². The molecule has 0 spiro atoms. The van der Waals surface area contributed by atoms with E-state index in [9.17, 15) is 0 Å². The van der Waals surface area contributed by atoms with E-state index in [1.54, 1.807) is 0 Å². The summed E-state index contributed by atoms with van der Waals surface area (Å²) in [6.45, 7) is 10.2. The third kappa shape index (κ3) is 4.19. The summed E-state index contributed by atoms with van der Waals surface area (Å²) in [5.74, 6) is 3.51. The highest BCUT2D eigenvalue weighted by molar-refractivity contribution is 4.88. The molecule has 0 radical (unpaired) electrons. The maximum Gasteiger partial charge on any atom is 0.0510 e. The lowest BCUT2D eigenvalue weighted by atomic mass is 9.72. The van der Waals surface area contributed by atoms with Gasteiger partial charge in [-0.3, -0.25) is 0 Å². The average molecular weight is 267 g/mol. The highest BCUT2D eigenvalue weighted by Crippen LogP contribution is 2.37. The van der Waals surface area contributed by atoms with Gasteiger partial charge >= 0.3 is 0 Å². The largest absolute Gasteiger partial charge is 0.381 e. The predicted molar refractivity (Wildman–Crippen MR) is 81.3 cm³/mol. The summed E-state index contributed by atoms with van der Waals surface area (Å²) in [5.41, 5.74) is 0. The second-order valence-electron chi connectivity index (χ2n) is 7.02. The fourth-order valence-corrected chi connectivity index (χ4v) is 4.04. The number of rotatable bonds is 6. The van der Waals surface area contributed by atoms with E-state index in [0.29, 0.717) is 0 Å². The van der Waals surface area contributed by atoms with Crippen molar-refractivity contribution in [2.75, 3.05) is 19.8 Å². The smallest absolute Gasteiger partial charge is 0.0510 e. The van der Waals surface area contributed by atoms with Crippen LogP contribution in [-0.2, 0) is 4.74 Å². The number of hydrogen-bond donors (Lipinski definition) is 1. The summed E-state index contributed by atoms with van der Waals surface area (Å²) in [6, 6.07) is 0.718. The molecule has 0 amide bonds. The maximum absolute atomic E-state index is 5.63. The van der Waals surface area contributed by atoms with Crippen molar-refractivity contribution in [3.63, 3.8) is 0 Å². The summed E-state index contributed by atoms with van der Waals surface area (Å²) in [4.78, 5) is 0. The van der Waals surface area contributed by atoms with Gasteiger partial charge in [0.25, 0.3) is 0 Å². The third-order valence-corrected chi connectivity index (χ3v) is 5.37. The summed E-state index contributed by atoms with van der Waals surface area (Å²) < 4.78 is 5.63. The third-order valence-electron chi connectivity index (χ3n) is 5.37. The molecule has 2 aliphatic rings. The molecule has 2 heteroatoms. The van der Waals surface area contributed by atoms with E-state index in [-0.39, 0.29) is 0 Å². The number of ether oxygens (including phenoxy) is 1. The lowest BCUT2D eigenvalue weighted by molar-refractivity contribution is 0.134. The van der Waals surface area contributed by atoms with E-state index in [4.69, 9.17) is 4.74 Å².